The van der Waals surface area contributed by atoms with Crippen molar-refractivity contribution in [2.75, 3.05) is 13.1 Å². The number of hydrogen-bond acceptors (Lipinski definition) is 3. The number of piperidine rings is 1. The minimum atomic E-state index is -0.0138. The zero-order chi connectivity index (χ0) is 17.4. The second kappa shape index (κ2) is 6.81. The average Bonchev–Trinajstić information content (AvgIpc) is 3.36. The lowest BCUT2D eigenvalue weighted by Crippen LogP contribution is -2.45. The fourth-order valence-corrected chi connectivity index (χ4v) is 3.61. The van der Waals surface area contributed by atoms with E-state index >= 15 is 0 Å². The number of aryl methyl sites for hydroxylation is 1. The lowest BCUT2D eigenvalue weighted by molar-refractivity contribution is 0.0929. The van der Waals surface area contributed by atoms with E-state index in [2.05, 4.69) is 15.7 Å². The minimum absolute atomic E-state index is 0.0138. The third-order valence-electron chi connectivity index (χ3n) is 5.05. The summed E-state index contributed by atoms with van der Waals surface area (Å²) in [7, 11) is 0. The maximum Gasteiger partial charge on any atom is 0.255 e. The highest BCUT2D eigenvalue weighted by Gasteiger charge is 2.33. The third kappa shape index (κ3) is 3.44. The number of amides is 1. The van der Waals surface area contributed by atoms with Gasteiger partial charge in [0.05, 0.1) is 23.1 Å². The van der Waals surface area contributed by atoms with Gasteiger partial charge < -0.3 is 10.6 Å². The van der Waals surface area contributed by atoms with Crippen LogP contribution in [0.5, 0.6) is 0 Å². The molecular weight excluding hydrogens is 336 g/mol. The Balaban J connectivity index is 1.63. The Morgan fingerprint density at radius 1 is 1.36 bits per heavy atom. The fourth-order valence-electron chi connectivity index (χ4n) is 3.44. The van der Waals surface area contributed by atoms with Crippen molar-refractivity contribution in [1.29, 1.82) is 0 Å². The van der Waals surface area contributed by atoms with Gasteiger partial charge in [-0.3, -0.25) is 4.79 Å². The first-order valence-corrected chi connectivity index (χ1v) is 9.37. The molecule has 2 heterocycles. The van der Waals surface area contributed by atoms with Crippen molar-refractivity contribution in [3.8, 4) is 5.69 Å². The van der Waals surface area contributed by atoms with Gasteiger partial charge in [0.25, 0.3) is 5.91 Å². The van der Waals surface area contributed by atoms with Crippen molar-refractivity contribution in [1.82, 2.24) is 20.4 Å². The van der Waals surface area contributed by atoms with Crippen molar-refractivity contribution in [2.24, 2.45) is 0 Å². The molecule has 1 atom stereocenters. The number of halogens is 1. The summed E-state index contributed by atoms with van der Waals surface area (Å²) >= 11 is 6.28. The molecule has 1 aliphatic heterocycles. The van der Waals surface area contributed by atoms with Crippen LogP contribution in [0.1, 0.15) is 53.2 Å². The van der Waals surface area contributed by atoms with Crippen LogP contribution < -0.4 is 10.6 Å². The number of aromatic nitrogens is 2. The van der Waals surface area contributed by atoms with Gasteiger partial charge >= 0.3 is 0 Å². The summed E-state index contributed by atoms with van der Waals surface area (Å²) in [6.45, 7) is 3.85. The third-order valence-corrected chi connectivity index (χ3v) is 5.45. The molecule has 6 heteroatoms. The highest BCUT2D eigenvalue weighted by atomic mass is 35.5. The Kier molecular flexibility index (Phi) is 4.52. The van der Waals surface area contributed by atoms with E-state index < -0.39 is 0 Å². The summed E-state index contributed by atoms with van der Waals surface area (Å²) in [6, 6.07) is 6.11. The molecule has 2 N–H and O–H groups in total. The van der Waals surface area contributed by atoms with E-state index in [1.165, 1.54) is 0 Å². The molecule has 1 aliphatic carbocycles. The van der Waals surface area contributed by atoms with Gasteiger partial charge in [-0.05, 0) is 56.8 Å². The molecule has 1 amide bonds. The number of nitrogens with zero attached hydrogens (tertiary/aromatic N) is 2. The normalized spacial score (nSPS) is 20.5. The van der Waals surface area contributed by atoms with E-state index in [4.69, 9.17) is 11.6 Å². The molecule has 25 heavy (non-hydrogen) atoms. The van der Waals surface area contributed by atoms with E-state index in [1.54, 1.807) is 6.20 Å². The Bertz CT molecular complexity index is 791. The zero-order valence-corrected chi connectivity index (χ0v) is 15.1. The molecule has 132 valence electrons. The topological polar surface area (TPSA) is 59.0 Å². The molecular formula is C19H23ClN4O. The first-order chi connectivity index (χ1) is 12.1. The summed E-state index contributed by atoms with van der Waals surface area (Å²) in [5, 5.41) is 11.7. The van der Waals surface area contributed by atoms with Crippen molar-refractivity contribution in [2.45, 2.75) is 44.6 Å². The first kappa shape index (κ1) is 16.6. The van der Waals surface area contributed by atoms with Gasteiger partial charge in [-0.1, -0.05) is 17.7 Å². The number of benzene rings is 1. The molecule has 0 radical (unpaired) electrons. The molecule has 1 aromatic carbocycles. The monoisotopic (exact) mass is 358 g/mol. The van der Waals surface area contributed by atoms with Crippen molar-refractivity contribution in [3.63, 3.8) is 0 Å². The second-order valence-corrected chi connectivity index (χ2v) is 7.49. The van der Waals surface area contributed by atoms with Crippen LogP contribution in [0, 0.1) is 6.92 Å². The molecule has 0 bridgehead atoms. The smallest absolute Gasteiger partial charge is 0.255 e. The van der Waals surface area contributed by atoms with Crippen LogP contribution in [-0.2, 0) is 0 Å². The van der Waals surface area contributed by atoms with E-state index in [0.29, 0.717) is 16.5 Å². The minimum Gasteiger partial charge on any atom is -0.348 e. The van der Waals surface area contributed by atoms with Gasteiger partial charge in [0, 0.05) is 23.5 Å². The standard InChI is InChI=1S/C19H23ClN4O/c1-12-4-7-15(9-17(12)20)24-18(13-5-6-13)16(11-22-24)19(25)23-14-3-2-8-21-10-14/h4,7,9,11,13-14,21H,2-3,5-6,8,10H2,1H3,(H,23,25)/t14-/m0/s1. The maximum absolute atomic E-state index is 12.8. The van der Waals surface area contributed by atoms with Gasteiger partial charge in [-0.25, -0.2) is 4.68 Å². The van der Waals surface area contributed by atoms with Gasteiger partial charge in [0.2, 0.25) is 0 Å². The molecule has 1 saturated carbocycles. The van der Waals surface area contributed by atoms with Crippen molar-refractivity contribution in [3.05, 3.63) is 46.2 Å². The molecule has 2 aliphatic rings. The summed E-state index contributed by atoms with van der Waals surface area (Å²) in [4.78, 5) is 12.8. The molecule has 1 saturated heterocycles. The quantitative estimate of drug-likeness (QED) is 0.882. The number of carbonyl (C=O) groups is 1. The Labute approximate surface area is 152 Å². The van der Waals surface area contributed by atoms with E-state index in [9.17, 15) is 4.79 Å². The highest BCUT2D eigenvalue weighted by molar-refractivity contribution is 6.31. The van der Waals surface area contributed by atoms with Crippen LogP contribution in [0.3, 0.4) is 0 Å². The summed E-state index contributed by atoms with van der Waals surface area (Å²) in [5.74, 6) is 0.396. The Morgan fingerprint density at radius 2 is 2.20 bits per heavy atom. The van der Waals surface area contributed by atoms with Crippen LogP contribution in [0.15, 0.2) is 24.4 Å². The Hall–Kier alpha value is -1.85. The average molecular weight is 359 g/mol. The van der Waals surface area contributed by atoms with Crippen molar-refractivity contribution >= 4 is 17.5 Å². The van der Waals surface area contributed by atoms with E-state index in [-0.39, 0.29) is 11.9 Å². The number of carbonyl (C=O) groups excluding carboxylic acids is 1. The van der Waals surface area contributed by atoms with Crippen LogP contribution >= 0.6 is 11.6 Å². The second-order valence-electron chi connectivity index (χ2n) is 7.08. The SMILES string of the molecule is Cc1ccc(-n2ncc(C(=O)N[C@H]3CCCNC3)c2C2CC2)cc1Cl. The largest absolute Gasteiger partial charge is 0.348 e. The molecule has 1 aromatic heterocycles. The van der Waals surface area contributed by atoms with Gasteiger partial charge in [0.15, 0.2) is 0 Å². The molecule has 5 nitrogen and oxygen atoms in total. The van der Waals surface area contributed by atoms with Crippen LogP contribution in [-0.4, -0.2) is 34.8 Å². The first-order valence-electron chi connectivity index (χ1n) is 8.99. The summed E-state index contributed by atoms with van der Waals surface area (Å²) in [5.41, 5.74) is 3.66. The van der Waals surface area contributed by atoms with Crippen molar-refractivity contribution < 1.29 is 4.79 Å². The van der Waals surface area contributed by atoms with Crippen LogP contribution in [0.25, 0.3) is 5.69 Å². The van der Waals surface area contributed by atoms with E-state index in [0.717, 1.165) is 55.7 Å². The predicted molar refractivity (Wildman–Crippen MR) is 98.6 cm³/mol. The summed E-state index contributed by atoms with van der Waals surface area (Å²) in [6.07, 6.45) is 6.04. The predicted octanol–water partition coefficient (Wildman–Crippen LogP) is 3.19. The Morgan fingerprint density at radius 3 is 2.88 bits per heavy atom. The van der Waals surface area contributed by atoms with E-state index in [1.807, 2.05) is 29.8 Å². The molecule has 0 unspecified atom stereocenters. The van der Waals surface area contributed by atoms with Crippen LogP contribution in [0.2, 0.25) is 5.02 Å². The lowest BCUT2D eigenvalue weighted by atomic mass is 10.1. The maximum atomic E-state index is 12.8. The number of nitrogens with one attached hydrogen (secondary N) is 2. The molecule has 0 spiro atoms. The van der Waals surface area contributed by atoms with Gasteiger partial charge in [0.1, 0.15) is 0 Å². The van der Waals surface area contributed by atoms with Crippen LogP contribution in [0.4, 0.5) is 0 Å². The number of hydrogen-bond donors (Lipinski definition) is 2. The molecule has 2 aromatic rings. The van der Waals surface area contributed by atoms with Gasteiger partial charge in [-0.2, -0.15) is 5.10 Å². The fraction of sp³-hybridized carbons (Fsp3) is 0.474. The molecule has 4 rings (SSSR count). The zero-order valence-electron chi connectivity index (χ0n) is 14.4. The number of rotatable bonds is 4. The summed E-state index contributed by atoms with van der Waals surface area (Å²) < 4.78 is 1.89. The van der Waals surface area contributed by atoms with Gasteiger partial charge in [-0.15, -0.1) is 0 Å². The molecule has 2 fully saturated rings. The lowest BCUT2D eigenvalue weighted by Gasteiger charge is -2.23. The highest BCUT2D eigenvalue weighted by Crippen LogP contribution is 2.42.